The second kappa shape index (κ2) is 4.33. The topological polar surface area (TPSA) is 75.4 Å². The summed E-state index contributed by atoms with van der Waals surface area (Å²) >= 11 is 0. The van der Waals surface area contributed by atoms with Gasteiger partial charge in [0.05, 0.1) is 11.3 Å². The van der Waals surface area contributed by atoms with Crippen molar-refractivity contribution in [3.05, 3.63) is 29.6 Å². The number of aliphatic hydroxyl groups is 1. The van der Waals surface area contributed by atoms with Gasteiger partial charge in [-0.1, -0.05) is 0 Å². The maximum absolute atomic E-state index is 13.1. The van der Waals surface area contributed by atoms with Gasteiger partial charge in [-0.3, -0.25) is 4.79 Å². The molecule has 5 heteroatoms. The lowest BCUT2D eigenvalue weighted by molar-refractivity contribution is -0.0300. The number of benzene rings is 1. The zero-order chi connectivity index (χ0) is 12.5. The van der Waals surface area contributed by atoms with Gasteiger partial charge >= 0.3 is 0 Å². The Kier molecular flexibility index (Phi) is 3.02. The van der Waals surface area contributed by atoms with Gasteiger partial charge in [0, 0.05) is 12.1 Å². The van der Waals surface area contributed by atoms with Crippen LogP contribution in [0.25, 0.3) is 0 Å². The second-order valence-electron chi connectivity index (χ2n) is 4.50. The number of hydrogen-bond donors (Lipinski definition) is 3. The minimum atomic E-state index is -0.776. The molecule has 1 saturated carbocycles. The summed E-state index contributed by atoms with van der Waals surface area (Å²) < 4.78 is 13.1. The smallest absolute Gasteiger partial charge is 0.251 e. The predicted molar refractivity (Wildman–Crippen MR) is 61.9 cm³/mol. The Hall–Kier alpha value is -1.62. The molecule has 0 aromatic heterocycles. The van der Waals surface area contributed by atoms with Crippen LogP contribution in [0.3, 0.4) is 0 Å². The average Bonchev–Trinajstić information content (AvgIpc) is 2.27. The molecule has 1 aliphatic rings. The van der Waals surface area contributed by atoms with Crippen LogP contribution in [0.1, 0.15) is 29.6 Å². The van der Waals surface area contributed by atoms with Crippen LogP contribution in [0.15, 0.2) is 18.2 Å². The summed E-state index contributed by atoms with van der Waals surface area (Å²) in [5.74, 6) is -1.01. The molecule has 17 heavy (non-hydrogen) atoms. The number of nitrogens with two attached hydrogens (primary N) is 1. The first kappa shape index (κ1) is 11.9. The Bertz CT molecular complexity index is 444. The predicted octanol–water partition coefficient (Wildman–Crippen LogP) is 1.05. The Morgan fingerprint density at radius 3 is 2.76 bits per heavy atom. The van der Waals surface area contributed by atoms with E-state index in [-0.39, 0.29) is 17.8 Å². The number of carbonyl (C=O) groups is 1. The highest BCUT2D eigenvalue weighted by atomic mass is 19.1. The normalized spacial score (nSPS) is 17.3. The van der Waals surface area contributed by atoms with Gasteiger partial charge in [-0.25, -0.2) is 4.39 Å². The van der Waals surface area contributed by atoms with Gasteiger partial charge in [-0.05, 0) is 37.5 Å². The van der Waals surface area contributed by atoms with Crippen molar-refractivity contribution in [1.82, 2.24) is 5.32 Å². The zero-order valence-corrected chi connectivity index (χ0v) is 9.37. The maximum atomic E-state index is 13.1. The van der Waals surface area contributed by atoms with E-state index >= 15 is 0 Å². The van der Waals surface area contributed by atoms with Crippen LogP contribution in [0.2, 0.25) is 0 Å². The third-order valence-electron chi connectivity index (χ3n) is 3.12. The van der Waals surface area contributed by atoms with Crippen LogP contribution in [0.5, 0.6) is 0 Å². The SMILES string of the molecule is Nc1ccc(C(=O)NCC2(O)CCC2)cc1F. The van der Waals surface area contributed by atoms with Gasteiger partial charge in [0.15, 0.2) is 0 Å². The van der Waals surface area contributed by atoms with Crippen LogP contribution in [0, 0.1) is 5.82 Å². The van der Waals surface area contributed by atoms with Crippen LogP contribution in [-0.4, -0.2) is 23.2 Å². The van der Waals surface area contributed by atoms with Gasteiger partial charge in [0.2, 0.25) is 0 Å². The third-order valence-corrected chi connectivity index (χ3v) is 3.12. The number of carbonyl (C=O) groups excluding carboxylic acids is 1. The fraction of sp³-hybridized carbons (Fsp3) is 0.417. The van der Waals surface area contributed by atoms with Crippen molar-refractivity contribution in [1.29, 1.82) is 0 Å². The summed E-state index contributed by atoms with van der Waals surface area (Å²) in [4.78, 5) is 11.7. The van der Waals surface area contributed by atoms with E-state index in [1.54, 1.807) is 0 Å². The largest absolute Gasteiger partial charge is 0.396 e. The fourth-order valence-corrected chi connectivity index (χ4v) is 1.78. The molecular formula is C12H15FN2O2. The summed E-state index contributed by atoms with van der Waals surface area (Å²) in [6, 6.07) is 3.90. The van der Waals surface area contributed by atoms with Gasteiger partial charge in [-0.15, -0.1) is 0 Å². The Morgan fingerprint density at radius 1 is 1.53 bits per heavy atom. The minimum Gasteiger partial charge on any atom is -0.396 e. The van der Waals surface area contributed by atoms with Crippen molar-refractivity contribution in [2.45, 2.75) is 24.9 Å². The minimum absolute atomic E-state index is 0.0131. The highest BCUT2D eigenvalue weighted by Gasteiger charge is 2.34. The molecule has 0 unspecified atom stereocenters. The van der Waals surface area contributed by atoms with Crippen molar-refractivity contribution in [3.63, 3.8) is 0 Å². The highest BCUT2D eigenvalue weighted by molar-refractivity contribution is 5.94. The van der Waals surface area contributed by atoms with Crippen LogP contribution < -0.4 is 11.1 Å². The number of amides is 1. The first-order valence-electron chi connectivity index (χ1n) is 5.56. The third kappa shape index (κ3) is 2.55. The second-order valence-corrected chi connectivity index (χ2v) is 4.50. The molecular weight excluding hydrogens is 223 g/mol. The Balaban J connectivity index is 1.97. The zero-order valence-electron chi connectivity index (χ0n) is 9.37. The summed E-state index contributed by atoms with van der Waals surface area (Å²) in [7, 11) is 0. The molecule has 1 aliphatic carbocycles. The van der Waals surface area contributed by atoms with Gasteiger partial charge in [-0.2, -0.15) is 0 Å². The monoisotopic (exact) mass is 238 g/mol. The highest BCUT2D eigenvalue weighted by Crippen LogP contribution is 2.30. The van der Waals surface area contributed by atoms with E-state index in [4.69, 9.17) is 5.73 Å². The molecule has 0 atom stereocenters. The molecule has 92 valence electrons. The van der Waals surface area contributed by atoms with E-state index in [2.05, 4.69) is 5.32 Å². The number of hydrogen-bond acceptors (Lipinski definition) is 3. The number of rotatable bonds is 3. The van der Waals surface area contributed by atoms with Crippen LogP contribution >= 0.6 is 0 Å². The molecule has 1 amide bonds. The Labute approximate surface area is 98.6 Å². The van der Waals surface area contributed by atoms with E-state index in [9.17, 15) is 14.3 Å². The first-order chi connectivity index (χ1) is 8.00. The van der Waals surface area contributed by atoms with E-state index in [1.807, 2.05) is 0 Å². The Morgan fingerprint density at radius 2 is 2.24 bits per heavy atom. The molecule has 0 heterocycles. The van der Waals surface area contributed by atoms with Crippen molar-refractivity contribution in [2.75, 3.05) is 12.3 Å². The van der Waals surface area contributed by atoms with Crippen molar-refractivity contribution in [3.8, 4) is 0 Å². The molecule has 0 bridgehead atoms. The molecule has 2 rings (SSSR count). The molecule has 0 aliphatic heterocycles. The molecule has 1 fully saturated rings. The van der Waals surface area contributed by atoms with Crippen molar-refractivity contribution < 1.29 is 14.3 Å². The maximum Gasteiger partial charge on any atom is 0.251 e. The fourth-order valence-electron chi connectivity index (χ4n) is 1.78. The van der Waals surface area contributed by atoms with E-state index in [1.165, 1.54) is 12.1 Å². The lowest BCUT2D eigenvalue weighted by Gasteiger charge is -2.36. The number of nitrogen functional groups attached to an aromatic ring is 1. The summed E-state index contributed by atoms with van der Waals surface area (Å²) in [6.45, 7) is 0.206. The van der Waals surface area contributed by atoms with Crippen molar-refractivity contribution in [2.24, 2.45) is 0 Å². The van der Waals surface area contributed by atoms with Gasteiger partial charge < -0.3 is 16.2 Å². The standard InChI is InChI=1S/C12H15FN2O2/c13-9-6-8(2-3-10(9)14)11(16)15-7-12(17)4-1-5-12/h2-3,6,17H,1,4-5,7,14H2,(H,15,16). The van der Waals surface area contributed by atoms with E-state index < -0.39 is 17.3 Å². The molecule has 1 aromatic rings. The lowest BCUT2D eigenvalue weighted by atomic mass is 9.80. The van der Waals surface area contributed by atoms with Gasteiger partial charge in [0.25, 0.3) is 5.91 Å². The van der Waals surface area contributed by atoms with E-state index in [0.717, 1.165) is 12.5 Å². The quantitative estimate of drug-likeness (QED) is 0.689. The molecule has 4 nitrogen and oxygen atoms in total. The lowest BCUT2D eigenvalue weighted by Crippen LogP contribution is -2.47. The summed E-state index contributed by atoms with van der Waals surface area (Å²) in [5, 5.41) is 12.4. The molecule has 1 aromatic carbocycles. The van der Waals surface area contributed by atoms with Crippen molar-refractivity contribution >= 4 is 11.6 Å². The van der Waals surface area contributed by atoms with Crippen LogP contribution in [-0.2, 0) is 0 Å². The number of nitrogens with one attached hydrogen (secondary N) is 1. The summed E-state index contributed by atoms with van der Waals surface area (Å²) in [5.41, 5.74) is 4.76. The number of anilines is 1. The van der Waals surface area contributed by atoms with Crippen LogP contribution in [0.4, 0.5) is 10.1 Å². The average molecular weight is 238 g/mol. The van der Waals surface area contributed by atoms with E-state index in [0.29, 0.717) is 12.8 Å². The molecule has 4 N–H and O–H groups in total. The molecule has 0 saturated heterocycles. The summed E-state index contributed by atoms with van der Waals surface area (Å²) in [6.07, 6.45) is 2.37. The first-order valence-corrected chi connectivity index (χ1v) is 5.56. The molecule has 0 spiro atoms. The van der Waals surface area contributed by atoms with Gasteiger partial charge in [0.1, 0.15) is 5.82 Å². The molecule has 0 radical (unpaired) electrons. The number of halogens is 1.